The van der Waals surface area contributed by atoms with Crippen LogP contribution in [0.2, 0.25) is 0 Å². The molecule has 2 rings (SSSR count). The van der Waals surface area contributed by atoms with Gasteiger partial charge in [-0.25, -0.2) is 0 Å². The van der Waals surface area contributed by atoms with Gasteiger partial charge in [0.25, 0.3) is 0 Å². The molecule has 15 heavy (non-hydrogen) atoms. The molecule has 1 fully saturated rings. The Morgan fingerprint density at radius 3 is 2.80 bits per heavy atom. The first-order valence-corrected chi connectivity index (χ1v) is 6.14. The minimum atomic E-state index is 0.594. The van der Waals surface area contributed by atoms with E-state index in [1.165, 1.54) is 38.0 Å². The molecule has 2 nitrogen and oxygen atoms in total. The molecule has 2 heteroatoms. The quantitative estimate of drug-likeness (QED) is 0.804. The van der Waals surface area contributed by atoms with Crippen LogP contribution in [-0.2, 0) is 6.42 Å². The van der Waals surface area contributed by atoms with Gasteiger partial charge >= 0.3 is 0 Å². The Morgan fingerprint density at radius 2 is 2.13 bits per heavy atom. The SMILES string of the molecule is CC(C)n1cccc1CC1CCNCC1. The Labute approximate surface area is 92.7 Å². The zero-order valence-corrected chi connectivity index (χ0v) is 9.87. The smallest absolute Gasteiger partial charge is 0.0276 e. The zero-order chi connectivity index (χ0) is 10.7. The van der Waals surface area contributed by atoms with Gasteiger partial charge in [-0.15, -0.1) is 0 Å². The van der Waals surface area contributed by atoms with E-state index < -0.39 is 0 Å². The molecule has 1 saturated heterocycles. The molecule has 1 aliphatic rings. The van der Waals surface area contributed by atoms with Gasteiger partial charge in [-0.2, -0.15) is 0 Å². The molecule has 0 bridgehead atoms. The third kappa shape index (κ3) is 2.63. The van der Waals surface area contributed by atoms with E-state index in [0.717, 1.165) is 5.92 Å². The second-order valence-corrected chi connectivity index (χ2v) is 4.90. The summed E-state index contributed by atoms with van der Waals surface area (Å²) in [5.74, 6) is 0.888. The van der Waals surface area contributed by atoms with Crippen molar-refractivity contribution in [3.8, 4) is 0 Å². The van der Waals surface area contributed by atoms with Gasteiger partial charge in [0, 0.05) is 17.9 Å². The van der Waals surface area contributed by atoms with E-state index in [1.54, 1.807) is 0 Å². The molecule has 1 aliphatic heterocycles. The van der Waals surface area contributed by atoms with Gasteiger partial charge in [-0.05, 0) is 64.3 Å². The number of nitrogens with zero attached hydrogens (tertiary/aromatic N) is 1. The largest absolute Gasteiger partial charge is 0.349 e. The summed E-state index contributed by atoms with van der Waals surface area (Å²) in [6, 6.07) is 5.05. The lowest BCUT2D eigenvalue weighted by Gasteiger charge is -2.24. The van der Waals surface area contributed by atoms with Gasteiger partial charge < -0.3 is 9.88 Å². The van der Waals surface area contributed by atoms with Crippen LogP contribution < -0.4 is 5.32 Å². The van der Waals surface area contributed by atoms with Crippen LogP contribution in [0.1, 0.15) is 38.4 Å². The highest BCUT2D eigenvalue weighted by molar-refractivity contribution is 5.09. The number of hydrogen-bond acceptors (Lipinski definition) is 1. The number of rotatable bonds is 3. The first kappa shape index (κ1) is 10.7. The molecule has 0 unspecified atom stereocenters. The average Bonchev–Trinajstić information content (AvgIpc) is 2.67. The van der Waals surface area contributed by atoms with Crippen LogP contribution in [0.3, 0.4) is 0 Å². The maximum atomic E-state index is 3.42. The summed E-state index contributed by atoms with van der Waals surface area (Å²) in [6.45, 7) is 6.91. The van der Waals surface area contributed by atoms with Crippen LogP contribution in [0.25, 0.3) is 0 Å². The molecule has 0 atom stereocenters. The van der Waals surface area contributed by atoms with E-state index >= 15 is 0 Å². The van der Waals surface area contributed by atoms with Crippen molar-refractivity contribution in [1.82, 2.24) is 9.88 Å². The lowest BCUT2D eigenvalue weighted by Crippen LogP contribution is -2.29. The summed E-state index contributed by atoms with van der Waals surface area (Å²) in [5, 5.41) is 3.42. The van der Waals surface area contributed by atoms with Crippen LogP contribution in [0, 0.1) is 5.92 Å². The van der Waals surface area contributed by atoms with Crippen molar-refractivity contribution in [3.05, 3.63) is 24.0 Å². The molecule has 0 amide bonds. The van der Waals surface area contributed by atoms with Gasteiger partial charge in [0.2, 0.25) is 0 Å². The minimum absolute atomic E-state index is 0.594. The Morgan fingerprint density at radius 1 is 1.40 bits per heavy atom. The number of hydrogen-bond donors (Lipinski definition) is 1. The number of nitrogens with one attached hydrogen (secondary N) is 1. The zero-order valence-electron chi connectivity index (χ0n) is 9.87. The predicted octanol–water partition coefficient (Wildman–Crippen LogP) is 2.61. The maximum absolute atomic E-state index is 3.42. The number of aromatic nitrogens is 1. The van der Waals surface area contributed by atoms with Gasteiger partial charge in [0.05, 0.1) is 0 Å². The molecule has 1 aromatic rings. The third-order valence-corrected chi connectivity index (χ3v) is 3.38. The number of piperidine rings is 1. The third-order valence-electron chi connectivity index (χ3n) is 3.38. The van der Waals surface area contributed by atoms with Crippen molar-refractivity contribution in [3.63, 3.8) is 0 Å². The van der Waals surface area contributed by atoms with E-state index in [-0.39, 0.29) is 0 Å². The first-order chi connectivity index (χ1) is 7.27. The van der Waals surface area contributed by atoms with Crippen LogP contribution in [0.5, 0.6) is 0 Å². The van der Waals surface area contributed by atoms with Crippen molar-refractivity contribution in [2.24, 2.45) is 5.92 Å². The van der Waals surface area contributed by atoms with Crippen molar-refractivity contribution >= 4 is 0 Å². The second-order valence-electron chi connectivity index (χ2n) is 4.90. The van der Waals surface area contributed by atoms with Gasteiger partial charge in [-0.1, -0.05) is 0 Å². The highest BCUT2D eigenvalue weighted by atomic mass is 15.0. The highest BCUT2D eigenvalue weighted by Crippen LogP contribution is 2.20. The molecular weight excluding hydrogens is 184 g/mol. The molecule has 84 valence electrons. The summed E-state index contributed by atoms with van der Waals surface area (Å²) in [6.07, 6.45) is 6.14. The Kier molecular flexibility index (Phi) is 3.47. The summed E-state index contributed by atoms with van der Waals surface area (Å²) in [7, 11) is 0. The Hall–Kier alpha value is -0.760. The van der Waals surface area contributed by atoms with E-state index in [4.69, 9.17) is 0 Å². The van der Waals surface area contributed by atoms with Crippen molar-refractivity contribution in [1.29, 1.82) is 0 Å². The Balaban J connectivity index is 1.99. The fourth-order valence-electron chi connectivity index (χ4n) is 2.49. The lowest BCUT2D eigenvalue weighted by atomic mass is 9.93. The summed E-state index contributed by atoms with van der Waals surface area (Å²) in [5.41, 5.74) is 1.51. The molecule has 0 radical (unpaired) electrons. The topological polar surface area (TPSA) is 17.0 Å². The second kappa shape index (κ2) is 4.84. The molecule has 2 heterocycles. The van der Waals surface area contributed by atoms with Crippen molar-refractivity contribution < 1.29 is 0 Å². The first-order valence-electron chi connectivity index (χ1n) is 6.14. The van der Waals surface area contributed by atoms with E-state index in [9.17, 15) is 0 Å². The molecule has 0 aliphatic carbocycles. The minimum Gasteiger partial charge on any atom is -0.349 e. The fourth-order valence-corrected chi connectivity index (χ4v) is 2.49. The van der Waals surface area contributed by atoms with Crippen LogP contribution >= 0.6 is 0 Å². The molecule has 0 spiro atoms. The predicted molar refractivity (Wildman–Crippen MR) is 64.1 cm³/mol. The molecular formula is C13H22N2. The van der Waals surface area contributed by atoms with Crippen molar-refractivity contribution in [2.45, 2.75) is 39.2 Å². The Bertz CT molecular complexity index is 295. The molecule has 0 aromatic carbocycles. The fraction of sp³-hybridized carbons (Fsp3) is 0.692. The summed E-state index contributed by atoms with van der Waals surface area (Å²) in [4.78, 5) is 0. The summed E-state index contributed by atoms with van der Waals surface area (Å²) >= 11 is 0. The maximum Gasteiger partial charge on any atom is 0.0276 e. The van der Waals surface area contributed by atoms with Crippen LogP contribution in [-0.4, -0.2) is 17.7 Å². The molecule has 1 aromatic heterocycles. The average molecular weight is 206 g/mol. The van der Waals surface area contributed by atoms with Gasteiger partial charge in [0.15, 0.2) is 0 Å². The molecule has 0 saturated carbocycles. The van der Waals surface area contributed by atoms with Gasteiger partial charge in [0.1, 0.15) is 0 Å². The monoisotopic (exact) mass is 206 g/mol. The standard InChI is InChI=1S/C13H22N2/c1-11(2)15-9-3-4-13(15)10-12-5-7-14-8-6-12/h3-4,9,11-12,14H,5-8,10H2,1-2H3. The normalized spacial score (nSPS) is 18.6. The molecule has 1 N–H and O–H groups in total. The van der Waals surface area contributed by atoms with E-state index in [0.29, 0.717) is 6.04 Å². The highest BCUT2D eigenvalue weighted by Gasteiger charge is 2.15. The van der Waals surface area contributed by atoms with Gasteiger partial charge in [-0.3, -0.25) is 0 Å². The van der Waals surface area contributed by atoms with Crippen LogP contribution in [0.15, 0.2) is 18.3 Å². The van der Waals surface area contributed by atoms with Crippen molar-refractivity contribution in [2.75, 3.05) is 13.1 Å². The van der Waals surface area contributed by atoms with Crippen LogP contribution in [0.4, 0.5) is 0 Å². The van der Waals surface area contributed by atoms with E-state index in [2.05, 4.69) is 42.1 Å². The lowest BCUT2D eigenvalue weighted by molar-refractivity contribution is 0.363. The van der Waals surface area contributed by atoms with E-state index in [1.807, 2.05) is 0 Å². The summed E-state index contributed by atoms with van der Waals surface area (Å²) < 4.78 is 2.40.